The minimum Gasteiger partial charge on any atom is -0.356 e. The normalized spacial score (nSPS) is 22.9. The molecule has 2 heteroatoms. The van der Waals surface area contributed by atoms with E-state index in [0.29, 0.717) is 12.2 Å². The number of nitrogens with zero attached hydrogens (tertiary/aromatic N) is 2. The summed E-state index contributed by atoms with van der Waals surface area (Å²) in [6.45, 7) is 10.0. The maximum absolute atomic E-state index is 2.42. The van der Waals surface area contributed by atoms with Crippen LogP contribution >= 0.6 is 0 Å². The molecule has 2 nitrogen and oxygen atoms in total. The minimum absolute atomic E-state index is 0.593. The fraction of sp³-hybridized carbons (Fsp3) is 0.800. The highest BCUT2D eigenvalue weighted by Crippen LogP contribution is 2.20. The topological polar surface area (TPSA) is 6.48 Å². The molecule has 1 heterocycles. The quantitative estimate of drug-likeness (QED) is 0.637. The van der Waals surface area contributed by atoms with Crippen molar-refractivity contribution in [2.45, 2.75) is 46.3 Å². The Morgan fingerprint density at radius 1 is 1.25 bits per heavy atom. The maximum atomic E-state index is 2.42. The lowest BCUT2D eigenvalue weighted by molar-refractivity contribution is 0.127. The van der Waals surface area contributed by atoms with Crippen molar-refractivity contribution >= 4 is 0 Å². The fourth-order valence-electron chi connectivity index (χ4n) is 1.81. The summed E-state index contributed by atoms with van der Waals surface area (Å²) < 4.78 is 0. The Labute approximate surface area is 75.8 Å². The molecule has 70 valence electrons. The summed E-state index contributed by atoms with van der Waals surface area (Å²) in [6.07, 6.45) is 6.20. The number of hydrogen-bond acceptors (Lipinski definition) is 2. The van der Waals surface area contributed by atoms with Gasteiger partial charge in [0.2, 0.25) is 0 Å². The van der Waals surface area contributed by atoms with Crippen LogP contribution in [-0.4, -0.2) is 28.6 Å². The molecule has 1 unspecified atom stereocenters. The second-order valence-electron chi connectivity index (χ2n) is 3.56. The monoisotopic (exact) mass is 168 g/mol. The predicted molar refractivity (Wildman–Crippen MR) is 52.6 cm³/mol. The van der Waals surface area contributed by atoms with Crippen LogP contribution in [0.5, 0.6) is 0 Å². The summed E-state index contributed by atoms with van der Waals surface area (Å²) in [5.74, 6) is 0. The van der Waals surface area contributed by atoms with Gasteiger partial charge in [-0.1, -0.05) is 6.92 Å². The molecule has 0 bridgehead atoms. The van der Waals surface area contributed by atoms with Crippen molar-refractivity contribution in [2.75, 3.05) is 6.54 Å². The van der Waals surface area contributed by atoms with Crippen molar-refractivity contribution in [2.24, 2.45) is 0 Å². The first-order valence-electron chi connectivity index (χ1n) is 4.92. The third-order valence-corrected chi connectivity index (χ3v) is 2.48. The van der Waals surface area contributed by atoms with Crippen LogP contribution in [0, 0.1) is 0 Å². The Bertz CT molecular complexity index is 163. The Morgan fingerprint density at radius 2 is 1.92 bits per heavy atom. The van der Waals surface area contributed by atoms with E-state index < -0.39 is 0 Å². The molecule has 0 spiro atoms. The van der Waals surface area contributed by atoms with E-state index in [-0.39, 0.29) is 0 Å². The molecule has 0 aromatic carbocycles. The van der Waals surface area contributed by atoms with Crippen molar-refractivity contribution < 1.29 is 0 Å². The van der Waals surface area contributed by atoms with Crippen molar-refractivity contribution in [1.82, 2.24) is 9.80 Å². The van der Waals surface area contributed by atoms with Gasteiger partial charge in [0.05, 0.1) is 0 Å². The first kappa shape index (κ1) is 9.43. The van der Waals surface area contributed by atoms with Crippen molar-refractivity contribution in [1.29, 1.82) is 0 Å². The average Bonchev–Trinajstić information content (AvgIpc) is 2.46. The highest BCUT2D eigenvalue weighted by atomic mass is 15.4. The van der Waals surface area contributed by atoms with Crippen LogP contribution in [-0.2, 0) is 0 Å². The van der Waals surface area contributed by atoms with Gasteiger partial charge in [0.1, 0.15) is 6.17 Å². The van der Waals surface area contributed by atoms with E-state index in [9.17, 15) is 0 Å². The molecule has 0 amide bonds. The van der Waals surface area contributed by atoms with Crippen LogP contribution in [0.3, 0.4) is 0 Å². The standard InChI is InChI=1S/C10H20N2/c1-5-10-11(6-2)7-8-12(10)9(3)4/h7-10H,5-6H2,1-4H3. The van der Waals surface area contributed by atoms with Crippen LogP contribution in [0.1, 0.15) is 34.1 Å². The van der Waals surface area contributed by atoms with Crippen LogP contribution in [0.15, 0.2) is 12.4 Å². The van der Waals surface area contributed by atoms with Gasteiger partial charge in [-0.15, -0.1) is 0 Å². The summed E-state index contributed by atoms with van der Waals surface area (Å²) in [7, 11) is 0. The van der Waals surface area contributed by atoms with Gasteiger partial charge in [-0.25, -0.2) is 0 Å². The zero-order valence-corrected chi connectivity index (χ0v) is 8.62. The highest BCUT2D eigenvalue weighted by molar-refractivity contribution is 4.97. The maximum Gasteiger partial charge on any atom is 0.101 e. The molecule has 0 aliphatic carbocycles. The lowest BCUT2D eigenvalue weighted by atomic mass is 10.2. The molecule has 1 aliphatic heterocycles. The van der Waals surface area contributed by atoms with E-state index in [1.54, 1.807) is 0 Å². The average molecular weight is 168 g/mol. The fourth-order valence-corrected chi connectivity index (χ4v) is 1.81. The van der Waals surface area contributed by atoms with E-state index in [2.05, 4.69) is 49.9 Å². The van der Waals surface area contributed by atoms with E-state index in [0.717, 1.165) is 6.54 Å². The Hall–Kier alpha value is -0.660. The van der Waals surface area contributed by atoms with Crippen LogP contribution in [0.2, 0.25) is 0 Å². The van der Waals surface area contributed by atoms with Gasteiger partial charge in [-0.3, -0.25) is 0 Å². The molecule has 0 radical (unpaired) electrons. The Morgan fingerprint density at radius 3 is 2.33 bits per heavy atom. The highest BCUT2D eigenvalue weighted by Gasteiger charge is 2.24. The molecule has 0 aromatic heterocycles. The van der Waals surface area contributed by atoms with Crippen LogP contribution in [0.25, 0.3) is 0 Å². The summed E-state index contributed by atoms with van der Waals surface area (Å²) in [4.78, 5) is 4.81. The molecule has 0 N–H and O–H groups in total. The van der Waals surface area contributed by atoms with E-state index in [1.807, 2.05) is 0 Å². The zero-order chi connectivity index (χ0) is 9.14. The zero-order valence-electron chi connectivity index (χ0n) is 8.62. The summed E-state index contributed by atoms with van der Waals surface area (Å²) in [5, 5.41) is 0. The molecule has 0 aromatic rings. The third-order valence-electron chi connectivity index (χ3n) is 2.48. The second-order valence-corrected chi connectivity index (χ2v) is 3.56. The SMILES string of the molecule is CCC1N(CC)C=CN1C(C)C. The molecule has 1 aliphatic rings. The minimum atomic E-state index is 0.593. The summed E-state index contributed by atoms with van der Waals surface area (Å²) >= 11 is 0. The number of hydrogen-bond donors (Lipinski definition) is 0. The Kier molecular flexibility index (Phi) is 3.01. The largest absolute Gasteiger partial charge is 0.356 e. The second kappa shape index (κ2) is 3.83. The summed E-state index contributed by atoms with van der Waals surface area (Å²) in [6, 6.07) is 0.614. The van der Waals surface area contributed by atoms with Crippen LogP contribution < -0.4 is 0 Å². The van der Waals surface area contributed by atoms with E-state index >= 15 is 0 Å². The van der Waals surface area contributed by atoms with E-state index in [1.165, 1.54) is 6.42 Å². The third kappa shape index (κ3) is 1.57. The smallest absolute Gasteiger partial charge is 0.101 e. The van der Waals surface area contributed by atoms with Crippen molar-refractivity contribution in [3.63, 3.8) is 0 Å². The molecular weight excluding hydrogens is 148 g/mol. The molecule has 12 heavy (non-hydrogen) atoms. The molecule has 0 saturated carbocycles. The van der Waals surface area contributed by atoms with Crippen molar-refractivity contribution in [3.05, 3.63) is 12.4 Å². The van der Waals surface area contributed by atoms with E-state index in [4.69, 9.17) is 0 Å². The van der Waals surface area contributed by atoms with Gasteiger partial charge in [-0.05, 0) is 27.2 Å². The predicted octanol–water partition coefficient (Wildman–Crippen LogP) is 2.24. The van der Waals surface area contributed by atoms with Gasteiger partial charge in [0.15, 0.2) is 0 Å². The molecule has 1 atom stereocenters. The van der Waals surface area contributed by atoms with Gasteiger partial charge in [0, 0.05) is 25.0 Å². The van der Waals surface area contributed by atoms with Crippen LogP contribution in [0.4, 0.5) is 0 Å². The molecule has 0 fully saturated rings. The molecular formula is C10H20N2. The van der Waals surface area contributed by atoms with Gasteiger partial charge in [-0.2, -0.15) is 0 Å². The first-order valence-corrected chi connectivity index (χ1v) is 4.92. The summed E-state index contributed by atoms with van der Waals surface area (Å²) in [5.41, 5.74) is 0. The lowest BCUT2D eigenvalue weighted by Crippen LogP contribution is -2.41. The van der Waals surface area contributed by atoms with Gasteiger partial charge in [0.25, 0.3) is 0 Å². The molecule has 1 rings (SSSR count). The molecule has 0 saturated heterocycles. The lowest BCUT2D eigenvalue weighted by Gasteiger charge is -2.33. The number of rotatable bonds is 3. The van der Waals surface area contributed by atoms with Gasteiger partial charge >= 0.3 is 0 Å². The first-order chi connectivity index (χ1) is 5.70. The van der Waals surface area contributed by atoms with Gasteiger partial charge < -0.3 is 9.80 Å². The van der Waals surface area contributed by atoms with Crippen molar-refractivity contribution in [3.8, 4) is 0 Å². The Balaban J connectivity index is 2.62.